The lowest BCUT2D eigenvalue weighted by atomic mass is 10.1. The Morgan fingerprint density at radius 3 is 1.46 bits per heavy atom. The number of hydrogen-bond donors (Lipinski definition) is 0. The molecule has 0 saturated carbocycles. The molecule has 0 saturated heterocycles. The Kier molecular flexibility index (Phi) is 13.4. The van der Waals surface area contributed by atoms with Crippen LogP contribution in [0.4, 0.5) is 0 Å². The first-order valence-electron chi connectivity index (χ1n) is 10.7. The molecule has 0 N–H and O–H groups in total. The molecule has 3 heteroatoms. The molecule has 0 aliphatic carbocycles. The first-order valence-corrected chi connectivity index (χ1v) is 14.1. The fourth-order valence-corrected chi connectivity index (χ4v) is 4.51. The van der Waals surface area contributed by atoms with E-state index in [1.54, 1.807) is 0 Å². The van der Waals surface area contributed by atoms with Crippen LogP contribution < -0.4 is 0 Å². The molecule has 0 rings (SSSR count). The summed E-state index contributed by atoms with van der Waals surface area (Å²) in [6.45, 7) is 12.6. The average molecular weight is 359 g/mol. The van der Waals surface area contributed by atoms with Gasteiger partial charge in [0.1, 0.15) is 0 Å². The minimum absolute atomic E-state index is 0.323. The Bertz CT molecular complexity index is 286. The van der Waals surface area contributed by atoms with Crippen LogP contribution in [0.2, 0.25) is 19.6 Å². The molecule has 0 fully saturated rings. The smallest absolute Gasteiger partial charge is 0.191 e. The van der Waals surface area contributed by atoms with Crippen LogP contribution in [0.25, 0.3) is 0 Å². The van der Waals surface area contributed by atoms with E-state index in [-0.39, 0.29) is 0 Å². The predicted octanol–water partition coefficient (Wildman–Crippen LogP) is 6.96. The van der Waals surface area contributed by atoms with Gasteiger partial charge in [-0.15, -0.1) is 0 Å². The second-order valence-corrected chi connectivity index (χ2v) is 13.7. The maximum Gasteiger partial charge on any atom is 0.191 e. The van der Waals surface area contributed by atoms with Gasteiger partial charge in [-0.1, -0.05) is 71.1 Å². The van der Waals surface area contributed by atoms with Crippen LogP contribution in [0.1, 0.15) is 90.9 Å². The number of nitrogens with zero attached hydrogens (tertiary/aromatic N) is 1. The Morgan fingerprint density at radius 1 is 0.708 bits per heavy atom. The van der Waals surface area contributed by atoms with Crippen LogP contribution in [-0.4, -0.2) is 39.7 Å². The van der Waals surface area contributed by atoms with E-state index >= 15 is 0 Å². The average Bonchev–Trinajstić information content (AvgIpc) is 2.46. The molecule has 0 aromatic rings. The summed E-state index contributed by atoms with van der Waals surface area (Å²) < 4.78 is 7.27. The Morgan fingerprint density at radius 2 is 1.08 bits per heavy atom. The van der Waals surface area contributed by atoms with Crippen LogP contribution in [0, 0.1) is 0 Å². The van der Waals surface area contributed by atoms with Gasteiger partial charge in [0.05, 0.1) is 20.6 Å². The van der Waals surface area contributed by atoms with Crippen molar-refractivity contribution in [3.8, 4) is 0 Å². The first kappa shape index (κ1) is 24.1. The highest BCUT2D eigenvalue weighted by atomic mass is 28.4. The molecule has 0 aromatic heterocycles. The molecular weight excluding hydrogens is 310 g/mol. The molecule has 1 unspecified atom stereocenters. The molecule has 2 nitrogen and oxygen atoms in total. The first-order chi connectivity index (χ1) is 11.2. The van der Waals surface area contributed by atoms with Gasteiger partial charge in [0, 0.05) is 6.92 Å². The molecule has 0 radical (unpaired) electrons. The predicted molar refractivity (Wildman–Crippen MR) is 112 cm³/mol. The summed E-state index contributed by atoms with van der Waals surface area (Å²) >= 11 is 0. The summed E-state index contributed by atoms with van der Waals surface area (Å²) in [6, 6.07) is 0. The van der Waals surface area contributed by atoms with Crippen LogP contribution in [0.5, 0.6) is 0 Å². The highest BCUT2D eigenvalue weighted by Gasteiger charge is 2.29. The van der Waals surface area contributed by atoms with E-state index in [1.807, 2.05) is 0 Å². The van der Waals surface area contributed by atoms with Crippen molar-refractivity contribution in [3.63, 3.8) is 0 Å². The lowest BCUT2D eigenvalue weighted by Crippen LogP contribution is -2.52. The maximum absolute atomic E-state index is 6.27. The maximum atomic E-state index is 6.27. The fourth-order valence-electron chi connectivity index (χ4n) is 3.20. The third kappa shape index (κ3) is 14.5. The van der Waals surface area contributed by atoms with E-state index < -0.39 is 8.32 Å². The zero-order valence-corrected chi connectivity index (χ0v) is 19.1. The van der Waals surface area contributed by atoms with Gasteiger partial charge in [0.2, 0.25) is 0 Å². The van der Waals surface area contributed by atoms with Crippen LogP contribution in [0.3, 0.4) is 0 Å². The zero-order chi connectivity index (χ0) is 18.5. The van der Waals surface area contributed by atoms with E-state index in [4.69, 9.17) is 4.43 Å². The van der Waals surface area contributed by atoms with Gasteiger partial charge in [-0.3, -0.25) is 0 Å². The summed E-state index contributed by atoms with van der Waals surface area (Å²) in [5.74, 6) is 0. The monoisotopic (exact) mass is 358 g/mol. The summed E-state index contributed by atoms with van der Waals surface area (Å²) in [6.07, 6.45) is 17.4. The normalized spacial score (nSPS) is 14.1. The van der Waals surface area contributed by atoms with E-state index in [0.717, 1.165) is 4.48 Å². The van der Waals surface area contributed by atoms with Gasteiger partial charge >= 0.3 is 0 Å². The number of quaternary nitrogens is 1. The highest BCUT2D eigenvalue weighted by Crippen LogP contribution is 2.17. The summed E-state index contributed by atoms with van der Waals surface area (Å²) in [5, 5.41) is 0. The van der Waals surface area contributed by atoms with Crippen molar-refractivity contribution >= 4 is 8.32 Å². The molecule has 146 valence electrons. The van der Waals surface area contributed by atoms with E-state index in [0.29, 0.717) is 6.23 Å². The third-order valence-electron chi connectivity index (χ3n) is 5.10. The molecule has 0 heterocycles. The summed E-state index contributed by atoms with van der Waals surface area (Å²) in [4.78, 5) is 0. The van der Waals surface area contributed by atoms with Crippen molar-refractivity contribution in [2.24, 2.45) is 0 Å². The highest BCUT2D eigenvalue weighted by molar-refractivity contribution is 6.69. The standard InChI is InChI=1S/C21H48NOSi/c1-8-9-10-11-12-13-14-15-16-17-18-19-20-22(3,4)21(2)23-24(5,6)7/h21H,8-20H2,1-7H3/q+1. The molecule has 1 atom stereocenters. The van der Waals surface area contributed by atoms with E-state index in [9.17, 15) is 0 Å². The van der Waals surface area contributed by atoms with Crippen molar-refractivity contribution in [2.75, 3.05) is 20.6 Å². The van der Waals surface area contributed by atoms with Crippen LogP contribution in [-0.2, 0) is 4.43 Å². The van der Waals surface area contributed by atoms with Gasteiger partial charge in [-0.25, -0.2) is 0 Å². The minimum Gasteiger partial charge on any atom is -0.371 e. The fraction of sp³-hybridized carbons (Fsp3) is 1.00. The molecule has 0 bridgehead atoms. The zero-order valence-electron chi connectivity index (χ0n) is 18.1. The molecule has 0 aliphatic rings. The number of rotatable bonds is 16. The molecule has 0 aromatic carbocycles. The van der Waals surface area contributed by atoms with Gasteiger partial charge in [0.15, 0.2) is 14.5 Å². The lowest BCUT2D eigenvalue weighted by molar-refractivity contribution is -0.932. The lowest BCUT2D eigenvalue weighted by Gasteiger charge is -2.38. The van der Waals surface area contributed by atoms with Gasteiger partial charge in [-0.2, -0.15) is 0 Å². The van der Waals surface area contributed by atoms with Crippen LogP contribution in [0.15, 0.2) is 0 Å². The van der Waals surface area contributed by atoms with Gasteiger partial charge in [0.25, 0.3) is 0 Å². The quantitative estimate of drug-likeness (QED) is 0.125. The Balaban J connectivity index is 3.52. The largest absolute Gasteiger partial charge is 0.371 e. The van der Waals surface area contributed by atoms with Crippen molar-refractivity contribution in [2.45, 2.75) is 117 Å². The van der Waals surface area contributed by atoms with E-state index in [1.165, 1.54) is 83.6 Å². The van der Waals surface area contributed by atoms with Crippen molar-refractivity contribution in [3.05, 3.63) is 0 Å². The Labute approximate surface area is 155 Å². The van der Waals surface area contributed by atoms with Crippen molar-refractivity contribution in [1.29, 1.82) is 0 Å². The third-order valence-corrected chi connectivity index (χ3v) is 6.14. The van der Waals surface area contributed by atoms with Crippen molar-refractivity contribution in [1.82, 2.24) is 0 Å². The second-order valence-electron chi connectivity index (χ2n) is 9.22. The number of unbranched alkanes of at least 4 members (excludes halogenated alkanes) is 11. The molecule has 0 spiro atoms. The van der Waals surface area contributed by atoms with Crippen LogP contribution >= 0.6 is 0 Å². The van der Waals surface area contributed by atoms with E-state index in [2.05, 4.69) is 47.6 Å². The Hall–Kier alpha value is 0.137. The molecule has 24 heavy (non-hydrogen) atoms. The molecular formula is C21H48NOSi+. The second kappa shape index (κ2) is 13.4. The van der Waals surface area contributed by atoms with Crippen molar-refractivity contribution < 1.29 is 8.91 Å². The van der Waals surface area contributed by atoms with Gasteiger partial charge < -0.3 is 8.91 Å². The topological polar surface area (TPSA) is 9.23 Å². The molecule has 0 aliphatic heterocycles. The summed E-state index contributed by atoms with van der Waals surface area (Å²) in [5.41, 5.74) is 0. The minimum atomic E-state index is -1.43. The summed E-state index contributed by atoms with van der Waals surface area (Å²) in [7, 11) is 3.22. The molecule has 0 amide bonds. The SMILES string of the molecule is CCCCCCCCCCCCCC[N+](C)(C)C(C)O[Si](C)(C)C. The van der Waals surface area contributed by atoms with Gasteiger partial charge in [-0.05, 0) is 32.5 Å². The number of hydrogen-bond acceptors (Lipinski definition) is 1.